The van der Waals surface area contributed by atoms with Gasteiger partial charge < -0.3 is 19.7 Å². The average molecular weight is 719 g/mol. The molecule has 1 saturated carbocycles. The smallest absolute Gasteiger partial charge is 0.270 e. The van der Waals surface area contributed by atoms with Gasteiger partial charge in [-0.15, -0.1) is 0 Å². The van der Waals surface area contributed by atoms with Gasteiger partial charge in [-0.3, -0.25) is 29.5 Å². The maximum absolute atomic E-state index is 13.1. The Bertz CT molecular complexity index is 1940. The van der Waals surface area contributed by atoms with Gasteiger partial charge in [0.2, 0.25) is 17.8 Å². The average Bonchev–Trinajstić information content (AvgIpc) is 3.84. The van der Waals surface area contributed by atoms with Gasteiger partial charge in [0.1, 0.15) is 17.2 Å². The molecule has 53 heavy (non-hydrogen) atoms. The zero-order valence-corrected chi connectivity index (χ0v) is 30.8. The summed E-state index contributed by atoms with van der Waals surface area (Å²) in [6.07, 6.45) is 11.4. The van der Waals surface area contributed by atoms with E-state index >= 15 is 0 Å². The fourth-order valence-electron chi connectivity index (χ4n) is 8.66. The van der Waals surface area contributed by atoms with E-state index in [1.54, 1.807) is 25.2 Å². The van der Waals surface area contributed by atoms with E-state index in [0.29, 0.717) is 36.3 Å². The van der Waals surface area contributed by atoms with E-state index in [1.807, 2.05) is 18.3 Å². The predicted molar refractivity (Wildman–Crippen MR) is 204 cm³/mol. The molecular weight excluding hydrogens is 669 g/mol. The van der Waals surface area contributed by atoms with Crippen LogP contribution in [0.1, 0.15) is 84.9 Å². The van der Waals surface area contributed by atoms with Crippen molar-refractivity contribution < 1.29 is 14.4 Å². The van der Waals surface area contributed by atoms with Crippen LogP contribution in [0, 0.1) is 0 Å². The summed E-state index contributed by atoms with van der Waals surface area (Å²) in [6.45, 7) is 7.14. The summed E-state index contributed by atoms with van der Waals surface area (Å²) in [6, 6.07) is 15.3. The molecule has 8 rings (SSSR count). The van der Waals surface area contributed by atoms with Crippen LogP contribution < -0.4 is 15.5 Å². The highest BCUT2D eigenvalue weighted by Gasteiger charge is 2.30. The minimum Gasteiger partial charge on any atom is -0.371 e. The Balaban J connectivity index is 0.813. The first-order chi connectivity index (χ1) is 25.8. The highest BCUT2D eigenvalue weighted by molar-refractivity contribution is 6.01. The van der Waals surface area contributed by atoms with Gasteiger partial charge in [0.15, 0.2) is 0 Å². The van der Waals surface area contributed by atoms with Crippen molar-refractivity contribution in [2.45, 2.75) is 75.9 Å². The molecule has 0 spiro atoms. The number of hydrogen-bond donors (Lipinski definition) is 2. The highest BCUT2D eigenvalue weighted by Crippen LogP contribution is 2.35. The zero-order chi connectivity index (χ0) is 36.5. The van der Waals surface area contributed by atoms with Gasteiger partial charge in [-0.1, -0.05) is 31.0 Å². The Kier molecular flexibility index (Phi) is 10.1. The lowest BCUT2D eigenvalue weighted by atomic mass is 9.90. The molecule has 13 heteroatoms. The lowest BCUT2D eigenvalue weighted by Crippen LogP contribution is -2.53. The van der Waals surface area contributed by atoms with Gasteiger partial charge in [0, 0.05) is 102 Å². The third-order valence-electron chi connectivity index (χ3n) is 11.6. The van der Waals surface area contributed by atoms with Crippen LogP contribution in [-0.4, -0.2) is 111 Å². The second kappa shape index (κ2) is 15.2. The molecule has 3 amide bonds. The van der Waals surface area contributed by atoms with Crippen LogP contribution in [0.4, 0.5) is 17.5 Å². The van der Waals surface area contributed by atoms with Gasteiger partial charge in [-0.2, -0.15) is 4.98 Å². The van der Waals surface area contributed by atoms with Crippen LogP contribution in [0.2, 0.25) is 0 Å². The predicted octanol–water partition coefficient (Wildman–Crippen LogP) is 4.69. The van der Waals surface area contributed by atoms with Crippen molar-refractivity contribution in [2.75, 3.05) is 63.6 Å². The number of benzene rings is 1. The SMILES string of the molecule is CN(C)C(=O)c1cc2cnc(Nc3ccc(CN4CCN(C5CCN(c6ccc(C7CCC(=O)NC7=O)cc6)CC5)CC4)cn3)nc2n1C1CCCC1. The molecule has 1 aliphatic carbocycles. The minimum absolute atomic E-state index is 0.0158. The number of carbonyl (C=O) groups is 3. The number of carbonyl (C=O) groups excluding carboxylic acids is 3. The number of aromatic nitrogens is 4. The van der Waals surface area contributed by atoms with Crippen molar-refractivity contribution in [2.24, 2.45) is 0 Å². The first kappa shape index (κ1) is 35.2. The Morgan fingerprint density at radius 1 is 0.868 bits per heavy atom. The van der Waals surface area contributed by atoms with Gasteiger partial charge >= 0.3 is 0 Å². The Morgan fingerprint density at radius 3 is 2.30 bits per heavy atom. The second-order valence-electron chi connectivity index (χ2n) is 15.3. The van der Waals surface area contributed by atoms with Crippen LogP contribution in [0.25, 0.3) is 11.0 Å². The fourth-order valence-corrected chi connectivity index (χ4v) is 8.66. The number of anilines is 3. The summed E-state index contributed by atoms with van der Waals surface area (Å²) in [5.41, 5.74) is 4.83. The normalized spacial score (nSPS) is 20.9. The number of nitrogens with one attached hydrogen (secondary N) is 2. The van der Waals surface area contributed by atoms with Crippen molar-refractivity contribution in [1.29, 1.82) is 0 Å². The molecule has 0 radical (unpaired) electrons. The van der Waals surface area contributed by atoms with Crippen molar-refractivity contribution >= 4 is 46.2 Å². The molecule has 0 bridgehead atoms. The third kappa shape index (κ3) is 7.63. The Labute approximate surface area is 310 Å². The molecule has 278 valence electrons. The van der Waals surface area contributed by atoms with Crippen LogP contribution in [-0.2, 0) is 16.1 Å². The van der Waals surface area contributed by atoms with E-state index in [0.717, 1.165) is 101 Å². The van der Waals surface area contributed by atoms with Gasteiger partial charge in [0.05, 0.1) is 5.92 Å². The summed E-state index contributed by atoms with van der Waals surface area (Å²) in [4.78, 5) is 60.3. The number of pyridine rings is 1. The number of hydrogen-bond acceptors (Lipinski definition) is 10. The monoisotopic (exact) mass is 718 g/mol. The molecule has 4 aliphatic rings. The van der Waals surface area contributed by atoms with E-state index in [2.05, 4.69) is 65.2 Å². The number of piperazine rings is 1. The summed E-state index contributed by atoms with van der Waals surface area (Å²) >= 11 is 0. The summed E-state index contributed by atoms with van der Waals surface area (Å²) < 4.78 is 2.13. The summed E-state index contributed by atoms with van der Waals surface area (Å²) in [7, 11) is 3.57. The molecule has 1 atom stereocenters. The topological polar surface area (TPSA) is 132 Å². The van der Waals surface area contributed by atoms with Crippen LogP contribution >= 0.6 is 0 Å². The molecule has 3 aromatic heterocycles. The van der Waals surface area contributed by atoms with E-state index in [9.17, 15) is 14.4 Å². The Hall–Kier alpha value is -4.88. The largest absolute Gasteiger partial charge is 0.371 e. The van der Waals surface area contributed by atoms with Gasteiger partial charge in [0.25, 0.3) is 5.91 Å². The van der Waals surface area contributed by atoms with Crippen molar-refractivity contribution in [1.82, 2.24) is 39.5 Å². The van der Waals surface area contributed by atoms with E-state index in [4.69, 9.17) is 9.97 Å². The summed E-state index contributed by atoms with van der Waals surface area (Å²) in [5.74, 6) is 0.558. The van der Waals surface area contributed by atoms with Gasteiger partial charge in [-0.25, -0.2) is 9.97 Å². The van der Waals surface area contributed by atoms with E-state index < -0.39 is 0 Å². The molecule has 6 heterocycles. The number of amides is 3. The number of imide groups is 1. The van der Waals surface area contributed by atoms with Crippen molar-refractivity contribution in [3.05, 3.63) is 71.7 Å². The zero-order valence-electron chi connectivity index (χ0n) is 30.8. The molecule has 1 unspecified atom stereocenters. The Morgan fingerprint density at radius 2 is 1.62 bits per heavy atom. The second-order valence-corrected chi connectivity index (χ2v) is 15.3. The van der Waals surface area contributed by atoms with E-state index in [-0.39, 0.29) is 29.7 Å². The number of rotatable bonds is 9. The van der Waals surface area contributed by atoms with E-state index in [1.165, 1.54) is 11.3 Å². The quantitative estimate of drug-likeness (QED) is 0.235. The molecule has 2 N–H and O–H groups in total. The number of fused-ring (bicyclic) bond motifs is 1. The number of nitrogens with zero attached hydrogens (tertiary/aromatic N) is 8. The van der Waals surface area contributed by atoms with Crippen LogP contribution in [0.15, 0.2) is 54.9 Å². The lowest BCUT2D eigenvalue weighted by molar-refractivity contribution is -0.134. The van der Waals surface area contributed by atoms with Crippen LogP contribution in [0.5, 0.6) is 0 Å². The molecule has 1 aromatic carbocycles. The molecule has 4 fully saturated rings. The maximum Gasteiger partial charge on any atom is 0.270 e. The van der Waals surface area contributed by atoms with Crippen molar-refractivity contribution in [3.8, 4) is 0 Å². The molecule has 13 nitrogen and oxygen atoms in total. The molecule has 4 aromatic rings. The summed E-state index contributed by atoms with van der Waals surface area (Å²) in [5, 5.41) is 6.63. The molecular formula is C40H50N10O3. The van der Waals surface area contributed by atoms with Crippen LogP contribution in [0.3, 0.4) is 0 Å². The van der Waals surface area contributed by atoms with Crippen molar-refractivity contribution in [3.63, 3.8) is 0 Å². The molecule has 3 saturated heterocycles. The molecule has 3 aliphatic heterocycles. The maximum atomic E-state index is 13.1. The third-order valence-corrected chi connectivity index (χ3v) is 11.6. The van der Waals surface area contributed by atoms with Gasteiger partial charge in [-0.05, 0) is 67.5 Å². The standard InChI is InChI=1S/C40H50N10O3/c1-46(2)39(53)34-23-29-25-42-40(45-37(29)50(34)32-5-3-4-6-32)43-35-13-7-27(24-41-35)26-47-19-21-49(22-20-47)31-15-17-48(18-16-31)30-10-8-28(9-11-30)33-12-14-36(51)44-38(33)52/h7-11,13,23-25,31-33H,3-6,12,14-22,26H2,1-2H3,(H,44,51,52)(H,41,42,43,45). The fraction of sp³-hybridized carbons (Fsp3) is 0.500. The minimum atomic E-state index is -0.238. The first-order valence-corrected chi connectivity index (χ1v) is 19.3. The first-order valence-electron chi connectivity index (χ1n) is 19.3. The number of piperidine rings is 2. The lowest BCUT2D eigenvalue weighted by Gasteiger charge is -2.43. The highest BCUT2D eigenvalue weighted by atomic mass is 16.2.